The summed E-state index contributed by atoms with van der Waals surface area (Å²) < 4.78 is 0. The average molecular weight is 281 g/mol. The Kier molecular flexibility index (Phi) is 4.52. The predicted molar refractivity (Wildman–Crippen MR) is 75.3 cm³/mol. The Labute approximate surface area is 114 Å². The highest BCUT2D eigenvalue weighted by Crippen LogP contribution is 2.18. The smallest absolute Gasteiger partial charge is 0.308 e. The molecule has 5 heteroatoms. The first-order valence-corrected chi connectivity index (χ1v) is 7.43. The molecule has 0 aromatic carbocycles. The van der Waals surface area contributed by atoms with E-state index >= 15 is 0 Å². The van der Waals surface area contributed by atoms with Gasteiger partial charge in [-0.15, -0.1) is 11.3 Å². The van der Waals surface area contributed by atoms with Gasteiger partial charge in [0.25, 0.3) is 0 Å². The molecule has 3 nitrogen and oxygen atoms in total. The zero-order valence-electron chi connectivity index (χ0n) is 10.1. The largest absolute Gasteiger partial charge is 0.481 e. The summed E-state index contributed by atoms with van der Waals surface area (Å²) in [5.74, 6) is -0.773. The predicted octanol–water partition coefficient (Wildman–Crippen LogP) is 3.03. The molecule has 0 radical (unpaired) electrons. The minimum Gasteiger partial charge on any atom is -0.481 e. The van der Waals surface area contributed by atoms with Crippen molar-refractivity contribution in [2.45, 2.75) is 26.4 Å². The summed E-state index contributed by atoms with van der Waals surface area (Å²) in [6.07, 6.45) is 0.119. The van der Waals surface area contributed by atoms with Gasteiger partial charge in [-0.2, -0.15) is 11.3 Å². The molecular weight excluding hydrogens is 266 g/mol. The molecule has 0 amide bonds. The van der Waals surface area contributed by atoms with Gasteiger partial charge in [-0.1, -0.05) is 0 Å². The van der Waals surface area contributed by atoms with Crippen LogP contribution in [0.1, 0.15) is 20.9 Å². The third-order valence-electron chi connectivity index (χ3n) is 2.62. The molecule has 0 unspecified atom stereocenters. The number of aryl methyl sites for hydroxylation is 1. The first-order chi connectivity index (χ1) is 8.65. The molecule has 0 aliphatic heterocycles. The molecule has 2 heterocycles. The van der Waals surface area contributed by atoms with Gasteiger partial charge in [0, 0.05) is 22.8 Å². The van der Waals surface area contributed by atoms with E-state index in [1.165, 1.54) is 16.0 Å². The van der Waals surface area contributed by atoms with E-state index in [4.69, 9.17) is 5.11 Å². The Morgan fingerprint density at radius 2 is 2.06 bits per heavy atom. The van der Waals surface area contributed by atoms with Crippen molar-refractivity contribution >= 4 is 28.6 Å². The Hall–Kier alpha value is -1.17. The van der Waals surface area contributed by atoms with E-state index in [0.717, 1.165) is 18.0 Å². The quantitative estimate of drug-likeness (QED) is 0.855. The molecule has 96 valence electrons. The maximum atomic E-state index is 10.6. The second-order valence-electron chi connectivity index (χ2n) is 4.12. The van der Waals surface area contributed by atoms with Crippen LogP contribution in [0.4, 0.5) is 0 Å². The van der Waals surface area contributed by atoms with Gasteiger partial charge >= 0.3 is 5.97 Å². The van der Waals surface area contributed by atoms with Crippen LogP contribution in [0.15, 0.2) is 22.9 Å². The number of rotatable bonds is 6. The standard InChI is InChI=1S/C13H15NO2S2/c1-9-7-17-8-10(9)5-14-6-12-3-2-11(18-12)4-13(15)16/h2-3,7-8,14H,4-6H2,1H3,(H,15,16). The number of nitrogens with one attached hydrogen (secondary N) is 1. The van der Waals surface area contributed by atoms with Crippen molar-refractivity contribution in [2.75, 3.05) is 0 Å². The summed E-state index contributed by atoms with van der Waals surface area (Å²) in [5.41, 5.74) is 2.66. The van der Waals surface area contributed by atoms with Crippen LogP contribution in [0.5, 0.6) is 0 Å². The minimum absolute atomic E-state index is 0.119. The number of carboxylic acids is 1. The Bertz CT molecular complexity index is 531. The van der Waals surface area contributed by atoms with Crippen molar-refractivity contribution in [2.24, 2.45) is 0 Å². The van der Waals surface area contributed by atoms with E-state index < -0.39 is 5.97 Å². The van der Waals surface area contributed by atoms with Crippen LogP contribution in [0.3, 0.4) is 0 Å². The van der Waals surface area contributed by atoms with Crippen molar-refractivity contribution in [3.8, 4) is 0 Å². The number of hydrogen-bond donors (Lipinski definition) is 2. The van der Waals surface area contributed by atoms with Crippen LogP contribution in [-0.4, -0.2) is 11.1 Å². The number of aliphatic carboxylic acids is 1. The molecule has 0 aliphatic rings. The number of hydrogen-bond acceptors (Lipinski definition) is 4. The molecule has 2 N–H and O–H groups in total. The van der Waals surface area contributed by atoms with Gasteiger partial charge < -0.3 is 10.4 Å². The number of thiophene rings is 2. The highest BCUT2D eigenvalue weighted by atomic mass is 32.1. The summed E-state index contributed by atoms with van der Waals surface area (Å²) >= 11 is 3.28. The van der Waals surface area contributed by atoms with E-state index in [1.807, 2.05) is 12.1 Å². The van der Waals surface area contributed by atoms with Gasteiger partial charge in [-0.05, 0) is 40.9 Å². The van der Waals surface area contributed by atoms with Crippen molar-refractivity contribution in [3.63, 3.8) is 0 Å². The molecule has 0 atom stereocenters. The number of carbonyl (C=O) groups is 1. The zero-order valence-corrected chi connectivity index (χ0v) is 11.7. The molecule has 2 aromatic rings. The fourth-order valence-electron chi connectivity index (χ4n) is 1.65. The molecule has 0 saturated carbocycles. The summed E-state index contributed by atoms with van der Waals surface area (Å²) in [6.45, 7) is 3.77. The van der Waals surface area contributed by atoms with Crippen LogP contribution < -0.4 is 5.32 Å². The van der Waals surface area contributed by atoms with Gasteiger partial charge in [-0.3, -0.25) is 4.79 Å². The molecule has 0 fully saturated rings. The molecule has 0 aliphatic carbocycles. The van der Waals surface area contributed by atoms with Gasteiger partial charge in [0.2, 0.25) is 0 Å². The van der Waals surface area contributed by atoms with Crippen LogP contribution in [0.25, 0.3) is 0 Å². The lowest BCUT2D eigenvalue weighted by atomic mass is 10.2. The van der Waals surface area contributed by atoms with Crippen LogP contribution in [0.2, 0.25) is 0 Å². The maximum absolute atomic E-state index is 10.6. The second-order valence-corrected chi connectivity index (χ2v) is 6.12. The topological polar surface area (TPSA) is 49.3 Å². The van der Waals surface area contributed by atoms with Gasteiger partial charge in [0.05, 0.1) is 6.42 Å². The fraction of sp³-hybridized carbons (Fsp3) is 0.308. The van der Waals surface area contributed by atoms with Crippen LogP contribution in [0, 0.1) is 6.92 Å². The fourth-order valence-corrected chi connectivity index (χ4v) is 3.49. The minimum atomic E-state index is -0.773. The molecule has 18 heavy (non-hydrogen) atoms. The maximum Gasteiger partial charge on any atom is 0.308 e. The molecule has 2 rings (SSSR count). The van der Waals surface area contributed by atoms with Crippen LogP contribution in [-0.2, 0) is 24.3 Å². The normalized spacial score (nSPS) is 10.7. The Balaban J connectivity index is 1.82. The van der Waals surface area contributed by atoms with Gasteiger partial charge in [-0.25, -0.2) is 0 Å². The summed E-state index contributed by atoms with van der Waals surface area (Å²) in [4.78, 5) is 12.7. The van der Waals surface area contributed by atoms with Crippen molar-refractivity contribution in [3.05, 3.63) is 43.8 Å². The van der Waals surface area contributed by atoms with Crippen LogP contribution >= 0.6 is 22.7 Å². The first-order valence-electron chi connectivity index (χ1n) is 5.67. The van der Waals surface area contributed by atoms with E-state index in [-0.39, 0.29) is 6.42 Å². The molecular formula is C13H15NO2S2. The highest BCUT2D eigenvalue weighted by Gasteiger charge is 2.05. The van der Waals surface area contributed by atoms with Gasteiger partial charge in [0.1, 0.15) is 0 Å². The Morgan fingerprint density at radius 3 is 2.72 bits per heavy atom. The SMILES string of the molecule is Cc1cscc1CNCc1ccc(CC(=O)O)s1. The molecule has 0 spiro atoms. The number of carboxylic acid groups (broad SMARTS) is 1. The first kappa shape index (κ1) is 13.3. The van der Waals surface area contributed by atoms with E-state index in [2.05, 4.69) is 23.0 Å². The second kappa shape index (κ2) is 6.13. The van der Waals surface area contributed by atoms with Gasteiger partial charge in [0.15, 0.2) is 0 Å². The third kappa shape index (κ3) is 3.66. The van der Waals surface area contributed by atoms with E-state index in [9.17, 15) is 4.79 Å². The van der Waals surface area contributed by atoms with Crippen molar-refractivity contribution in [1.29, 1.82) is 0 Å². The summed E-state index contributed by atoms with van der Waals surface area (Å²) in [7, 11) is 0. The molecule has 2 aromatic heterocycles. The third-order valence-corrected chi connectivity index (χ3v) is 4.61. The van der Waals surface area contributed by atoms with E-state index in [0.29, 0.717) is 0 Å². The zero-order chi connectivity index (χ0) is 13.0. The summed E-state index contributed by atoms with van der Waals surface area (Å²) in [5, 5.41) is 16.4. The Morgan fingerprint density at radius 1 is 1.28 bits per heavy atom. The molecule has 0 saturated heterocycles. The summed E-state index contributed by atoms with van der Waals surface area (Å²) in [6, 6.07) is 3.89. The lowest BCUT2D eigenvalue weighted by Crippen LogP contribution is -2.11. The lowest BCUT2D eigenvalue weighted by Gasteiger charge is -2.02. The highest BCUT2D eigenvalue weighted by molar-refractivity contribution is 7.12. The van der Waals surface area contributed by atoms with E-state index in [1.54, 1.807) is 22.7 Å². The lowest BCUT2D eigenvalue weighted by molar-refractivity contribution is -0.136. The van der Waals surface area contributed by atoms with Crippen molar-refractivity contribution < 1.29 is 9.90 Å². The monoisotopic (exact) mass is 281 g/mol. The van der Waals surface area contributed by atoms with Crippen molar-refractivity contribution in [1.82, 2.24) is 5.32 Å². The molecule has 0 bridgehead atoms. The average Bonchev–Trinajstić information content (AvgIpc) is 2.89.